The average Bonchev–Trinajstić information content (AvgIpc) is 2.88. The van der Waals surface area contributed by atoms with Crippen molar-refractivity contribution in [2.45, 2.75) is 6.42 Å². The van der Waals surface area contributed by atoms with Crippen LogP contribution >= 0.6 is 23.2 Å². The molecular weight excluding hydrogens is 369 g/mol. The highest BCUT2D eigenvalue weighted by Crippen LogP contribution is 2.32. The molecule has 0 atom stereocenters. The molecule has 132 valence electrons. The summed E-state index contributed by atoms with van der Waals surface area (Å²) < 4.78 is 1.36. The van der Waals surface area contributed by atoms with Crippen LogP contribution in [0.2, 0.25) is 10.0 Å². The SMILES string of the molecule is O=C(c1ccn(-c2c(Cl)cc([N+](=O)[O-])cc2Cl)n1)N1CCCNCC1. The molecule has 1 aliphatic rings. The van der Waals surface area contributed by atoms with Gasteiger partial charge in [0.05, 0.1) is 15.0 Å². The third kappa shape index (κ3) is 3.76. The second-order valence-corrected chi connectivity index (χ2v) is 6.37. The highest BCUT2D eigenvalue weighted by molar-refractivity contribution is 6.38. The number of hydrogen-bond donors (Lipinski definition) is 1. The second kappa shape index (κ2) is 7.38. The zero-order valence-corrected chi connectivity index (χ0v) is 14.6. The number of hydrogen-bond acceptors (Lipinski definition) is 5. The Balaban J connectivity index is 1.88. The lowest BCUT2D eigenvalue weighted by atomic mass is 10.3. The van der Waals surface area contributed by atoms with Crippen molar-refractivity contribution in [3.8, 4) is 5.69 Å². The Hall–Kier alpha value is -2.16. The van der Waals surface area contributed by atoms with E-state index < -0.39 is 4.92 Å². The molecule has 0 aliphatic carbocycles. The summed E-state index contributed by atoms with van der Waals surface area (Å²) in [7, 11) is 0. The summed E-state index contributed by atoms with van der Waals surface area (Å²) in [4.78, 5) is 24.6. The molecule has 0 saturated carbocycles. The maximum absolute atomic E-state index is 12.6. The van der Waals surface area contributed by atoms with Crippen molar-refractivity contribution in [3.05, 3.63) is 50.2 Å². The predicted molar refractivity (Wildman–Crippen MR) is 93.6 cm³/mol. The van der Waals surface area contributed by atoms with Crippen molar-refractivity contribution in [2.75, 3.05) is 26.2 Å². The number of carbonyl (C=O) groups excluding carboxylic acids is 1. The van der Waals surface area contributed by atoms with Crippen LogP contribution in [0.1, 0.15) is 16.9 Å². The number of halogens is 2. The van der Waals surface area contributed by atoms with Gasteiger partial charge in [-0.1, -0.05) is 23.2 Å². The van der Waals surface area contributed by atoms with Gasteiger partial charge in [0.25, 0.3) is 11.6 Å². The number of carbonyl (C=O) groups is 1. The molecule has 1 aliphatic heterocycles. The number of nitrogens with one attached hydrogen (secondary N) is 1. The third-order valence-corrected chi connectivity index (χ3v) is 4.45. The van der Waals surface area contributed by atoms with Gasteiger partial charge in [-0.2, -0.15) is 5.10 Å². The average molecular weight is 384 g/mol. The molecule has 8 nitrogen and oxygen atoms in total. The minimum absolute atomic E-state index is 0.0836. The number of amides is 1. The molecule has 25 heavy (non-hydrogen) atoms. The zero-order valence-electron chi connectivity index (χ0n) is 13.1. The Morgan fingerprint density at radius 3 is 2.64 bits per heavy atom. The molecule has 1 aromatic heterocycles. The molecule has 1 saturated heterocycles. The monoisotopic (exact) mass is 383 g/mol. The van der Waals surface area contributed by atoms with Crippen LogP contribution in [0.5, 0.6) is 0 Å². The smallest absolute Gasteiger partial charge is 0.274 e. The largest absolute Gasteiger partial charge is 0.336 e. The fourth-order valence-electron chi connectivity index (χ4n) is 2.65. The maximum atomic E-state index is 12.6. The lowest BCUT2D eigenvalue weighted by Crippen LogP contribution is -2.34. The number of rotatable bonds is 3. The first kappa shape index (κ1) is 17.7. The van der Waals surface area contributed by atoms with Crippen LogP contribution in [-0.2, 0) is 0 Å². The molecule has 0 bridgehead atoms. The van der Waals surface area contributed by atoms with Crippen LogP contribution in [0, 0.1) is 10.1 Å². The van der Waals surface area contributed by atoms with E-state index in [0.29, 0.717) is 18.8 Å². The summed E-state index contributed by atoms with van der Waals surface area (Å²) in [6.07, 6.45) is 2.44. The Bertz CT molecular complexity index is 792. The van der Waals surface area contributed by atoms with Crippen molar-refractivity contribution in [1.82, 2.24) is 20.0 Å². The highest BCUT2D eigenvalue weighted by atomic mass is 35.5. The molecule has 0 unspecified atom stereocenters. The topological polar surface area (TPSA) is 93.3 Å². The summed E-state index contributed by atoms with van der Waals surface area (Å²) in [6.45, 7) is 2.90. The van der Waals surface area contributed by atoms with Crippen molar-refractivity contribution in [3.63, 3.8) is 0 Å². The molecule has 1 aromatic carbocycles. The van der Waals surface area contributed by atoms with Gasteiger partial charge in [-0.05, 0) is 19.0 Å². The first-order chi connectivity index (χ1) is 12.0. The van der Waals surface area contributed by atoms with Gasteiger partial charge >= 0.3 is 0 Å². The maximum Gasteiger partial charge on any atom is 0.274 e. The van der Waals surface area contributed by atoms with Gasteiger partial charge in [0, 0.05) is 38.0 Å². The van der Waals surface area contributed by atoms with E-state index in [-0.39, 0.29) is 27.3 Å². The molecule has 3 rings (SSSR count). The van der Waals surface area contributed by atoms with Crippen molar-refractivity contribution in [2.24, 2.45) is 0 Å². The van der Waals surface area contributed by atoms with Crippen LogP contribution < -0.4 is 5.32 Å². The molecule has 1 fully saturated rings. The van der Waals surface area contributed by atoms with E-state index in [0.717, 1.165) is 19.5 Å². The summed E-state index contributed by atoms with van der Waals surface area (Å²) in [5.41, 5.74) is 0.358. The molecule has 10 heteroatoms. The van der Waals surface area contributed by atoms with Crippen molar-refractivity contribution >= 4 is 34.8 Å². The van der Waals surface area contributed by atoms with E-state index in [9.17, 15) is 14.9 Å². The van der Waals surface area contributed by atoms with Crippen molar-refractivity contribution < 1.29 is 9.72 Å². The number of aromatic nitrogens is 2. The number of non-ortho nitro benzene ring substituents is 1. The van der Waals surface area contributed by atoms with Gasteiger partial charge in [-0.15, -0.1) is 0 Å². The lowest BCUT2D eigenvalue weighted by molar-refractivity contribution is -0.384. The summed E-state index contributed by atoms with van der Waals surface area (Å²) in [5.74, 6) is -0.170. The van der Waals surface area contributed by atoms with E-state index in [1.54, 1.807) is 17.2 Å². The van der Waals surface area contributed by atoms with Crippen LogP contribution in [0.4, 0.5) is 5.69 Å². The van der Waals surface area contributed by atoms with E-state index in [2.05, 4.69) is 10.4 Å². The molecule has 1 amide bonds. The van der Waals surface area contributed by atoms with E-state index >= 15 is 0 Å². The molecule has 2 heterocycles. The van der Waals surface area contributed by atoms with Crippen LogP contribution in [0.25, 0.3) is 5.69 Å². The van der Waals surface area contributed by atoms with E-state index in [1.165, 1.54) is 16.8 Å². The first-order valence-electron chi connectivity index (χ1n) is 7.67. The van der Waals surface area contributed by atoms with Gasteiger partial charge in [0.2, 0.25) is 0 Å². The Labute approximate surface area is 153 Å². The summed E-state index contributed by atoms with van der Waals surface area (Å²) in [6, 6.07) is 3.98. The fourth-order valence-corrected chi connectivity index (χ4v) is 3.30. The van der Waals surface area contributed by atoms with Gasteiger partial charge in [0.1, 0.15) is 5.69 Å². The molecule has 2 aromatic rings. The first-order valence-corrected chi connectivity index (χ1v) is 8.42. The quantitative estimate of drug-likeness (QED) is 0.649. The molecule has 1 N–H and O–H groups in total. The van der Waals surface area contributed by atoms with Crippen molar-refractivity contribution in [1.29, 1.82) is 0 Å². The van der Waals surface area contributed by atoms with Gasteiger partial charge < -0.3 is 10.2 Å². The summed E-state index contributed by atoms with van der Waals surface area (Å²) in [5, 5.41) is 18.5. The summed E-state index contributed by atoms with van der Waals surface area (Å²) >= 11 is 12.2. The van der Waals surface area contributed by atoms with Gasteiger partial charge in [0.15, 0.2) is 5.69 Å². The van der Waals surface area contributed by atoms with Gasteiger partial charge in [-0.3, -0.25) is 14.9 Å². The van der Waals surface area contributed by atoms with Gasteiger partial charge in [-0.25, -0.2) is 4.68 Å². The lowest BCUT2D eigenvalue weighted by Gasteiger charge is -2.18. The van der Waals surface area contributed by atoms with E-state index in [1.807, 2.05) is 0 Å². The third-order valence-electron chi connectivity index (χ3n) is 3.88. The number of benzene rings is 1. The highest BCUT2D eigenvalue weighted by Gasteiger charge is 2.21. The minimum atomic E-state index is -0.576. The van der Waals surface area contributed by atoms with Crippen LogP contribution in [-0.4, -0.2) is 51.7 Å². The predicted octanol–water partition coefficient (Wildman–Crippen LogP) is 2.52. The van der Waals surface area contributed by atoms with Crippen LogP contribution in [0.3, 0.4) is 0 Å². The number of nitro benzene ring substituents is 1. The molecular formula is C15H15Cl2N5O3. The second-order valence-electron chi connectivity index (χ2n) is 5.56. The normalized spacial score (nSPS) is 15.0. The zero-order chi connectivity index (χ0) is 18.0. The standard InChI is InChI=1S/C15H15Cl2N5O3/c16-11-8-10(22(24)25)9-12(17)14(11)21-6-2-13(19-21)15(23)20-5-1-3-18-4-7-20/h2,6,8-9,18H,1,3-5,7H2. The Kier molecular flexibility index (Phi) is 5.22. The minimum Gasteiger partial charge on any atom is -0.336 e. The molecule has 0 radical (unpaired) electrons. The Morgan fingerprint density at radius 2 is 1.96 bits per heavy atom. The Morgan fingerprint density at radius 1 is 1.24 bits per heavy atom. The number of nitro groups is 1. The number of nitrogens with zero attached hydrogens (tertiary/aromatic N) is 4. The van der Waals surface area contributed by atoms with E-state index in [4.69, 9.17) is 23.2 Å². The fraction of sp³-hybridized carbons (Fsp3) is 0.333. The molecule has 0 spiro atoms. The van der Waals surface area contributed by atoms with Crippen LogP contribution in [0.15, 0.2) is 24.4 Å².